The van der Waals surface area contributed by atoms with E-state index in [1.807, 2.05) is 58.1 Å². The van der Waals surface area contributed by atoms with Crippen LogP contribution in [0.4, 0.5) is 0 Å². The first kappa shape index (κ1) is 22.1. The first-order chi connectivity index (χ1) is 16.1. The van der Waals surface area contributed by atoms with Crippen LogP contribution in [0.3, 0.4) is 0 Å². The molecule has 1 fully saturated rings. The molecule has 0 bridgehead atoms. The van der Waals surface area contributed by atoms with Crippen LogP contribution in [-0.2, 0) is 4.79 Å². The summed E-state index contributed by atoms with van der Waals surface area (Å²) in [5.74, 6) is 1.43. The van der Waals surface area contributed by atoms with E-state index in [-0.39, 0.29) is 18.0 Å². The van der Waals surface area contributed by atoms with Gasteiger partial charge in [-0.1, -0.05) is 59.8 Å². The molecule has 1 amide bonds. The van der Waals surface area contributed by atoms with Gasteiger partial charge < -0.3 is 15.1 Å². The largest absolute Gasteiger partial charge is 0.495 e. The number of benzene rings is 2. The zero-order chi connectivity index (χ0) is 22.9. The van der Waals surface area contributed by atoms with E-state index >= 15 is 0 Å². The molecule has 1 saturated heterocycles. The number of carbonyl (C=O) groups is 1. The molecule has 1 N–H and O–H groups in total. The van der Waals surface area contributed by atoms with Gasteiger partial charge in [-0.05, 0) is 43.9 Å². The van der Waals surface area contributed by atoms with Gasteiger partial charge in [0.05, 0.1) is 18.2 Å². The highest BCUT2D eigenvalue weighted by molar-refractivity contribution is 8.00. The quantitative estimate of drug-likeness (QED) is 0.576. The molecule has 2 aliphatic heterocycles. The molecule has 7 nitrogen and oxygen atoms in total. The summed E-state index contributed by atoms with van der Waals surface area (Å²) in [7, 11) is 1.59. The van der Waals surface area contributed by atoms with Gasteiger partial charge in [0.2, 0.25) is 11.1 Å². The van der Waals surface area contributed by atoms with Gasteiger partial charge in [-0.3, -0.25) is 4.79 Å². The van der Waals surface area contributed by atoms with Crippen molar-refractivity contribution in [2.45, 2.75) is 48.7 Å². The molecule has 2 aromatic carbocycles. The molecule has 33 heavy (non-hydrogen) atoms. The van der Waals surface area contributed by atoms with Crippen LogP contribution in [0.15, 0.2) is 53.7 Å². The maximum Gasteiger partial charge on any atom is 0.238 e. The van der Waals surface area contributed by atoms with Crippen molar-refractivity contribution in [1.29, 1.82) is 0 Å². The summed E-state index contributed by atoms with van der Waals surface area (Å²) in [4.78, 5) is 15.8. The van der Waals surface area contributed by atoms with Crippen LogP contribution in [0, 0.1) is 0 Å². The molecule has 0 unspecified atom stereocenters. The number of thioether (sulfide) groups is 1. The molecule has 0 radical (unpaired) electrons. The van der Waals surface area contributed by atoms with E-state index < -0.39 is 5.25 Å². The number of piperidine rings is 1. The van der Waals surface area contributed by atoms with Gasteiger partial charge in [0.25, 0.3) is 0 Å². The van der Waals surface area contributed by atoms with Crippen molar-refractivity contribution >= 4 is 29.3 Å². The zero-order valence-electron chi connectivity index (χ0n) is 18.6. The highest BCUT2D eigenvalue weighted by Gasteiger charge is 2.41. The number of likely N-dealkylation sites (tertiary alicyclic amines) is 1. The van der Waals surface area contributed by atoms with Crippen molar-refractivity contribution < 1.29 is 9.53 Å². The van der Waals surface area contributed by atoms with Crippen molar-refractivity contribution in [2.24, 2.45) is 0 Å². The molecule has 0 aliphatic carbocycles. The lowest BCUT2D eigenvalue weighted by atomic mass is 9.99. The van der Waals surface area contributed by atoms with Gasteiger partial charge in [0, 0.05) is 18.2 Å². The van der Waals surface area contributed by atoms with Crippen molar-refractivity contribution in [3.63, 3.8) is 0 Å². The van der Waals surface area contributed by atoms with Crippen molar-refractivity contribution in [1.82, 2.24) is 19.8 Å². The fourth-order valence-corrected chi connectivity index (χ4v) is 5.95. The lowest BCUT2D eigenvalue weighted by molar-refractivity contribution is -0.134. The Morgan fingerprint density at radius 3 is 2.73 bits per heavy atom. The SMILES string of the molecule is COc1ccc([C@@H]2Nn3c(nnc3-c3ccccc3)S[C@@H]2C(=O)N2CCCC[C@@H]2C)cc1Cl. The van der Waals surface area contributed by atoms with Crippen LogP contribution in [-0.4, -0.2) is 50.6 Å². The summed E-state index contributed by atoms with van der Waals surface area (Å²) in [6.07, 6.45) is 3.23. The third kappa shape index (κ3) is 4.17. The second kappa shape index (κ2) is 9.27. The van der Waals surface area contributed by atoms with Crippen LogP contribution >= 0.6 is 23.4 Å². The van der Waals surface area contributed by atoms with E-state index in [9.17, 15) is 4.79 Å². The van der Waals surface area contributed by atoms with Gasteiger partial charge >= 0.3 is 0 Å². The van der Waals surface area contributed by atoms with Crippen LogP contribution in [0.25, 0.3) is 11.4 Å². The number of hydrogen-bond acceptors (Lipinski definition) is 6. The molecule has 2 aliphatic rings. The number of nitrogens with zero attached hydrogens (tertiary/aromatic N) is 4. The molecule has 0 spiro atoms. The first-order valence-corrected chi connectivity index (χ1v) is 12.4. The Hall–Kier alpha value is -2.71. The van der Waals surface area contributed by atoms with E-state index in [1.54, 1.807) is 7.11 Å². The number of ether oxygens (including phenoxy) is 1. The number of halogens is 1. The smallest absolute Gasteiger partial charge is 0.238 e. The lowest BCUT2D eigenvalue weighted by Gasteiger charge is -2.39. The second-order valence-corrected chi connectivity index (χ2v) is 9.94. The average Bonchev–Trinajstić information content (AvgIpc) is 3.26. The van der Waals surface area contributed by atoms with Crippen LogP contribution < -0.4 is 10.2 Å². The Morgan fingerprint density at radius 2 is 2.00 bits per heavy atom. The highest BCUT2D eigenvalue weighted by Crippen LogP contribution is 2.41. The number of fused-ring (bicyclic) bond motifs is 1. The second-order valence-electron chi connectivity index (χ2n) is 8.42. The molecular weight excluding hydrogens is 458 g/mol. The third-order valence-corrected chi connectivity index (χ3v) is 7.83. The molecule has 1 aromatic heterocycles. The Morgan fingerprint density at radius 1 is 1.18 bits per heavy atom. The van der Waals surface area contributed by atoms with E-state index in [0.29, 0.717) is 21.8 Å². The summed E-state index contributed by atoms with van der Waals surface area (Å²) >= 11 is 7.92. The summed E-state index contributed by atoms with van der Waals surface area (Å²) in [6.45, 7) is 2.92. The minimum absolute atomic E-state index is 0.118. The lowest BCUT2D eigenvalue weighted by Crippen LogP contribution is -2.50. The summed E-state index contributed by atoms with van der Waals surface area (Å²) in [6, 6.07) is 15.5. The Bertz CT molecular complexity index is 1160. The molecular formula is C24H26ClN5O2S. The van der Waals surface area contributed by atoms with Crippen molar-refractivity contribution in [3.05, 3.63) is 59.1 Å². The number of carbonyl (C=O) groups excluding carboxylic acids is 1. The monoisotopic (exact) mass is 483 g/mol. The predicted molar refractivity (Wildman–Crippen MR) is 130 cm³/mol. The first-order valence-electron chi connectivity index (χ1n) is 11.1. The highest BCUT2D eigenvalue weighted by atomic mass is 35.5. The number of nitrogens with one attached hydrogen (secondary N) is 1. The zero-order valence-corrected chi connectivity index (χ0v) is 20.1. The maximum absolute atomic E-state index is 13.8. The summed E-state index contributed by atoms with van der Waals surface area (Å²) in [5, 5.41) is 9.61. The van der Waals surface area contributed by atoms with Gasteiger partial charge in [-0.25, -0.2) is 4.68 Å². The minimum atomic E-state index is -0.393. The Labute approximate surface area is 202 Å². The minimum Gasteiger partial charge on any atom is -0.495 e. The molecule has 3 aromatic rings. The van der Waals surface area contributed by atoms with Crippen molar-refractivity contribution in [3.8, 4) is 17.1 Å². The molecule has 172 valence electrons. The topological polar surface area (TPSA) is 72.3 Å². The molecule has 3 atom stereocenters. The van der Waals surface area contributed by atoms with E-state index in [2.05, 4.69) is 22.5 Å². The van der Waals surface area contributed by atoms with Crippen LogP contribution in [0.1, 0.15) is 37.8 Å². The number of amides is 1. The van der Waals surface area contributed by atoms with Crippen molar-refractivity contribution in [2.75, 3.05) is 19.1 Å². The fraction of sp³-hybridized carbons (Fsp3) is 0.375. The average molecular weight is 484 g/mol. The summed E-state index contributed by atoms with van der Waals surface area (Å²) < 4.78 is 7.21. The number of aromatic nitrogens is 3. The number of methoxy groups -OCH3 is 1. The van der Waals surface area contributed by atoms with E-state index in [0.717, 1.165) is 36.9 Å². The standard InChI is InChI=1S/C24H26ClN5O2S/c1-15-8-6-7-13-29(15)23(31)21-20(17-11-12-19(32-2)18(25)14-17)28-30-22(26-27-24(30)33-21)16-9-4-3-5-10-16/h3-5,9-12,14-15,20-21,28H,6-8,13H2,1-2H3/t15-,20-,21-/m0/s1. The van der Waals surface area contributed by atoms with Crippen LogP contribution in [0.5, 0.6) is 5.75 Å². The van der Waals surface area contributed by atoms with Gasteiger partial charge in [-0.15, -0.1) is 10.2 Å². The Kier molecular flexibility index (Phi) is 6.21. The predicted octanol–water partition coefficient (Wildman–Crippen LogP) is 4.77. The molecule has 0 saturated carbocycles. The maximum atomic E-state index is 13.8. The van der Waals surface area contributed by atoms with Gasteiger partial charge in [0.1, 0.15) is 11.0 Å². The molecule has 5 rings (SSSR count). The molecule has 3 heterocycles. The van der Waals surface area contributed by atoms with Gasteiger partial charge in [0.15, 0.2) is 5.82 Å². The summed E-state index contributed by atoms with van der Waals surface area (Å²) in [5.41, 5.74) is 5.39. The van der Waals surface area contributed by atoms with Gasteiger partial charge in [-0.2, -0.15) is 0 Å². The normalized spacial score (nSPS) is 22.4. The Balaban J connectivity index is 1.55. The molecule has 9 heteroatoms. The van der Waals surface area contributed by atoms with E-state index in [1.165, 1.54) is 11.8 Å². The number of rotatable bonds is 4. The fourth-order valence-electron chi connectivity index (χ4n) is 4.53. The third-order valence-electron chi connectivity index (χ3n) is 6.33. The van der Waals surface area contributed by atoms with Crippen LogP contribution in [0.2, 0.25) is 5.02 Å². The van der Waals surface area contributed by atoms with E-state index in [4.69, 9.17) is 16.3 Å². The number of hydrogen-bond donors (Lipinski definition) is 1.